The van der Waals surface area contributed by atoms with Crippen LogP contribution in [0.4, 0.5) is 0 Å². The van der Waals surface area contributed by atoms with E-state index in [-0.39, 0.29) is 28.7 Å². The quantitative estimate of drug-likeness (QED) is 0.473. The maximum atomic E-state index is 5.87. The van der Waals surface area contributed by atoms with Crippen LogP contribution in [0, 0.1) is 0 Å². The van der Waals surface area contributed by atoms with Gasteiger partial charge in [0, 0.05) is 17.8 Å². The highest BCUT2D eigenvalue weighted by Crippen LogP contribution is 2.20. The van der Waals surface area contributed by atoms with Crippen LogP contribution in [0.25, 0.3) is 0 Å². The number of nitrogens with zero attached hydrogens (tertiary/aromatic N) is 2. The van der Waals surface area contributed by atoms with Crippen molar-refractivity contribution in [3.05, 3.63) is 0 Å². The third-order valence-electron chi connectivity index (χ3n) is 2.26. The minimum atomic E-state index is 0. The predicted octanol–water partition coefficient (Wildman–Crippen LogP) is 2.40. The summed E-state index contributed by atoms with van der Waals surface area (Å²) in [5, 5.41) is 0. The molecule has 0 aromatic carbocycles. The van der Waals surface area contributed by atoms with Crippen LogP contribution >= 0.6 is 35.7 Å². The Balaban J connectivity index is 0. The zero-order valence-electron chi connectivity index (χ0n) is 10.4. The van der Waals surface area contributed by atoms with E-state index in [1.165, 1.54) is 0 Å². The maximum absolute atomic E-state index is 5.87. The lowest BCUT2D eigenvalue weighted by molar-refractivity contribution is 0.457. The molecule has 0 atom stereocenters. The van der Waals surface area contributed by atoms with Gasteiger partial charge in [-0.05, 0) is 34.0 Å². The monoisotopic (exact) mass is 345 g/mol. The van der Waals surface area contributed by atoms with Crippen molar-refractivity contribution in [2.24, 2.45) is 10.7 Å². The van der Waals surface area contributed by atoms with E-state index < -0.39 is 0 Å². The summed E-state index contributed by atoms with van der Waals surface area (Å²) >= 11 is 1.81. The molecule has 0 spiro atoms. The van der Waals surface area contributed by atoms with Crippen molar-refractivity contribution < 1.29 is 0 Å². The SMILES string of the molecule is CCN(CC)C(N)=NCC(C)(C)SC.I. The Morgan fingerprint density at radius 1 is 1.33 bits per heavy atom. The molecule has 0 fully saturated rings. The van der Waals surface area contributed by atoms with Crippen molar-refractivity contribution >= 4 is 41.7 Å². The van der Waals surface area contributed by atoms with E-state index in [1.54, 1.807) is 0 Å². The van der Waals surface area contributed by atoms with Crippen LogP contribution in [0.5, 0.6) is 0 Å². The number of hydrogen-bond donors (Lipinski definition) is 1. The van der Waals surface area contributed by atoms with Gasteiger partial charge in [0.05, 0.1) is 6.54 Å². The first-order chi connectivity index (χ1) is 6.46. The molecule has 0 heterocycles. The van der Waals surface area contributed by atoms with E-state index in [0.29, 0.717) is 5.96 Å². The van der Waals surface area contributed by atoms with Crippen LogP contribution < -0.4 is 5.73 Å². The molecule has 0 saturated carbocycles. The fourth-order valence-electron chi connectivity index (χ4n) is 0.984. The van der Waals surface area contributed by atoms with Gasteiger partial charge < -0.3 is 10.6 Å². The first kappa shape index (κ1) is 17.7. The summed E-state index contributed by atoms with van der Waals surface area (Å²) in [6, 6.07) is 0. The van der Waals surface area contributed by atoms with Crippen molar-refractivity contribution in [3.63, 3.8) is 0 Å². The molecule has 5 heteroatoms. The lowest BCUT2D eigenvalue weighted by Gasteiger charge is -2.23. The number of thioether (sulfide) groups is 1. The number of nitrogens with two attached hydrogens (primary N) is 1. The molecule has 0 aliphatic carbocycles. The van der Waals surface area contributed by atoms with Gasteiger partial charge in [-0.25, -0.2) is 0 Å². The Labute approximate surface area is 115 Å². The van der Waals surface area contributed by atoms with Crippen LogP contribution in [0.2, 0.25) is 0 Å². The van der Waals surface area contributed by atoms with Crippen molar-refractivity contribution in [2.45, 2.75) is 32.4 Å². The number of aliphatic imine (C=N–C) groups is 1. The second-order valence-corrected chi connectivity index (χ2v) is 5.32. The average molecular weight is 345 g/mol. The molecule has 0 rings (SSSR count). The summed E-state index contributed by atoms with van der Waals surface area (Å²) < 4.78 is 0.178. The van der Waals surface area contributed by atoms with Gasteiger partial charge in [-0.2, -0.15) is 11.8 Å². The van der Waals surface area contributed by atoms with Crippen molar-refractivity contribution in [1.29, 1.82) is 0 Å². The van der Waals surface area contributed by atoms with E-state index in [4.69, 9.17) is 5.73 Å². The molecule has 3 nitrogen and oxygen atoms in total. The average Bonchev–Trinajstić information content (AvgIpc) is 2.17. The van der Waals surface area contributed by atoms with Crippen LogP contribution in [0.1, 0.15) is 27.7 Å². The summed E-state index contributed by atoms with van der Waals surface area (Å²) in [7, 11) is 0. The molecular formula is C10H24IN3S. The Kier molecular flexibility index (Phi) is 10.0. The second kappa shape index (κ2) is 8.50. The third kappa shape index (κ3) is 7.27. The first-order valence-electron chi connectivity index (χ1n) is 5.06. The molecule has 0 unspecified atom stereocenters. The van der Waals surface area contributed by atoms with Gasteiger partial charge in [0.1, 0.15) is 0 Å². The number of rotatable bonds is 5. The Morgan fingerprint density at radius 3 is 2.13 bits per heavy atom. The number of guanidine groups is 1. The topological polar surface area (TPSA) is 41.6 Å². The third-order valence-corrected chi connectivity index (χ3v) is 3.50. The van der Waals surface area contributed by atoms with Crippen molar-refractivity contribution in [3.8, 4) is 0 Å². The zero-order chi connectivity index (χ0) is 11.2. The second-order valence-electron chi connectivity index (χ2n) is 3.81. The van der Waals surface area contributed by atoms with Crippen LogP contribution in [0.15, 0.2) is 4.99 Å². The molecule has 0 aliphatic heterocycles. The van der Waals surface area contributed by atoms with E-state index >= 15 is 0 Å². The molecule has 0 aromatic rings. The van der Waals surface area contributed by atoms with Gasteiger partial charge in [0.25, 0.3) is 0 Å². The van der Waals surface area contributed by atoms with E-state index in [9.17, 15) is 0 Å². The zero-order valence-corrected chi connectivity index (χ0v) is 13.6. The van der Waals surface area contributed by atoms with Crippen LogP contribution in [0.3, 0.4) is 0 Å². The predicted molar refractivity (Wildman–Crippen MR) is 82.4 cm³/mol. The summed E-state index contributed by atoms with van der Waals surface area (Å²) in [5.41, 5.74) is 5.87. The maximum Gasteiger partial charge on any atom is 0.191 e. The molecule has 0 radical (unpaired) electrons. The van der Waals surface area contributed by atoms with Gasteiger partial charge in [-0.3, -0.25) is 4.99 Å². The molecule has 0 aliphatic rings. The summed E-state index contributed by atoms with van der Waals surface area (Å²) in [5.74, 6) is 0.664. The van der Waals surface area contributed by atoms with Gasteiger partial charge in [-0.15, -0.1) is 24.0 Å². The molecule has 0 aromatic heterocycles. The number of halogens is 1. The highest BCUT2D eigenvalue weighted by molar-refractivity contribution is 14.0. The smallest absolute Gasteiger partial charge is 0.191 e. The minimum absolute atomic E-state index is 0. The molecule has 92 valence electrons. The van der Waals surface area contributed by atoms with Crippen LogP contribution in [-0.4, -0.2) is 41.5 Å². The highest BCUT2D eigenvalue weighted by atomic mass is 127. The Hall–Kier alpha value is 0.350. The van der Waals surface area contributed by atoms with Gasteiger partial charge >= 0.3 is 0 Å². The van der Waals surface area contributed by atoms with Crippen LogP contribution in [-0.2, 0) is 0 Å². The Morgan fingerprint density at radius 2 is 1.80 bits per heavy atom. The Bertz CT molecular complexity index is 191. The molecule has 0 bridgehead atoms. The van der Waals surface area contributed by atoms with E-state index in [0.717, 1.165) is 19.6 Å². The minimum Gasteiger partial charge on any atom is -0.370 e. The fraction of sp³-hybridized carbons (Fsp3) is 0.900. The highest BCUT2D eigenvalue weighted by Gasteiger charge is 2.15. The first-order valence-corrected chi connectivity index (χ1v) is 6.29. The fourth-order valence-corrected chi connectivity index (χ4v) is 1.18. The van der Waals surface area contributed by atoms with Gasteiger partial charge in [0.2, 0.25) is 0 Å². The van der Waals surface area contributed by atoms with E-state index in [2.05, 4.69) is 43.8 Å². The summed E-state index contributed by atoms with van der Waals surface area (Å²) in [4.78, 5) is 6.47. The summed E-state index contributed by atoms with van der Waals surface area (Å²) in [6.07, 6.45) is 2.10. The van der Waals surface area contributed by atoms with Crippen molar-refractivity contribution in [2.75, 3.05) is 25.9 Å². The summed E-state index contributed by atoms with van der Waals surface area (Å²) in [6.45, 7) is 11.2. The standard InChI is InChI=1S/C10H23N3S.HI/c1-6-13(7-2)9(11)12-8-10(3,4)14-5;/h6-8H2,1-5H3,(H2,11,12);1H. The molecule has 0 amide bonds. The molecule has 0 saturated heterocycles. The lowest BCUT2D eigenvalue weighted by Crippen LogP contribution is -2.38. The molecule has 2 N–H and O–H groups in total. The normalized spacial score (nSPS) is 12.2. The molecular weight excluding hydrogens is 321 g/mol. The molecule has 15 heavy (non-hydrogen) atoms. The van der Waals surface area contributed by atoms with Crippen molar-refractivity contribution in [1.82, 2.24) is 4.90 Å². The largest absolute Gasteiger partial charge is 0.370 e. The lowest BCUT2D eigenvalue weighted by atomic mass is 10.2. The van der Waals surface area contributed by atoms with Gasteiger partial charge in [0.15, 0.2) is 5.96 Å². The van der Waals surface area contributed by atoms with E-state index in [1.807, 2.05) is 11.8 Å². The number of hydrogen-bond acceptors (Lipinski definition) is 2. The van der Waals surface area contributed by atoms with Gasteiger partial charge in [-0.1, -0.05) is 0 Å².